The molecule has 0 fully saturated rings. The SMILES string of the molecule is Cc1ccc(-c2cn3c(-c4ccccc4)csc3n2)cc1. The summed E-state index contributed by atoms with van der Waals surface area (Å²) in [5.41, 5.74) is 5.87. The molecule has 0 spiro atoms. The second kappa shape index (κ2) is 4.86. The Morgan fingerprint density at radius 1 is 0.905 bits per heavy atom. The molecule has 0 saturated heterocycles. The summed E-state index contributed by atoms with van der Waals surface area (Å²) in [6, 6.07) is 18.9. The molecule has 2 heterocycles. The number of aromatic nitrogens is 2. The third-order valence-electron chi connectivity index (χ3n) is 3.63. The van der Waals surface area contributed by atoms with Gasteiger partial charge in [-0.2, -0.15) is 0 Å². The van der Waals surface area contributed by atoms with Gasteiger partial charge in [-0.25, -0.2) is 4.98 Å². The number of hydrogen-bond donors (Lipinski definition) is 0. The zero-order valence-electron chi connectivity index (χ0n) is 11.7. The van der Waals surface area contributed by atoms with E-state index in [0.29, 0.717) is 0 Å². The van der Waals surface area contributed by atoms with Crippen LogP contribution >= 0.6 is 11.3 Å². The Hall–Kier alpha value is -2.39. The molecular formula is C18H14N2S. The van der Waals surface area contributed by atoms with Crippen LogP contribution in [0.15, 0.2) is 66.2 Å². The summed E-state index contributed by atoms with van der Waals surface area (Å²) in [6.45, 7) is 2.10. The lowest BCUT2D eigenvalue weighted by Crippen LogP contribution is -1.83. The molecule has 2 aromatic heterocycles. The van der Waals surface area contributed by atoms with Crippen LogP contribution in [-0.4, -0.2) is 9.38 Å². The number of benzene rings is 2. The van der Waals surface area contributed by atoms with E-state index in [1.165, 1.54) is 16.8 Å². The zero-order chi connectivity index (χ0) is 14.2. The quantitative estimate of drug-likeness (QED) is 0.505. The van der Waals surface area contributed by atoms with Crippen molar-refractivity contribution in [3.05, 3.63) is 71.7 Å². The Balaban J connectivity index is 1.84. The van der Waals surface area contributed by atoms with Gasteiger partial charge in [0.2, 0.25) is 0 Å². The van der Waals surface area contributed by atoms with Gasteiger partial charge in [0, 0.05) is 17.1 Å². The van der Waals surface area contributed by atoms with E-state index in [4.69, 9.17) is 4.98 Å². The van der Waals surface area contributed by atoms with Crippen LogP contribution in [0.2, 0.25) is 0 Å². The van der Waals surface area contributed by atoms with Gasteiger partial charge in [-0.05, 0) is 12.5 Å². The van der Waals surface area contributed by atoms with Crippen molar-refractivity contribution in [2.75, 3.05) is 0 Å². The van der Waals surface area contributed by atoms with Gasteiger partial charge in [-0.15, -0.1) is 11.3 Å². The molecule has 4 rings (SSSR count). The highest BCUT2D eigenvalue weighted by atomic mass is 32.1. The molecule has 0 aliphatic carbocycles. The second-order valence-electron chi connectivity index (χ2n) is 5.13. The smallest absolute Gasteiger partial charge is 0.194 e. The lowest BCUT2D eigenvalue weighted by atomic mass is 10.1. The molecule has 0 amide bonds. The topological polar surface area (TPSA) is 17.3 Å². The van der Waals surface area contributed by atoms with E-state index in [1.54, 1.807) is 11.3 Å². The predicted molar refractivity (Wildman–Crippen MR) is 88.7 cm³/mol. The van der Waals surface area contributed by atoms with E-state index >= 15 is 0 Å². The van der Waals surface area contributed by atoms with Gasteiger partial charge >= 0.3 is 0 Å². The number of imidazole rings is 1. The number of fused-ring (bicyclic) bond motifs is 1. The maximum atomic E-state index is 4.74. The normalized spacial score (nSPS) is 11.1. The minimum atomic E-state index is 1.03. The van der Waals surface area contributed by atoms with Crippen LogP contribution in [-0.2, 0) is 0 Å². The molecule has 2 nitrogen and oxygen atoms in total. The third kappa shape index (κ3) is 2.16. The van der Waals surface area contributed by atoms with Gasteiger partial charge < -0.3 is 0 Å². The van der Waals surface area contributed by atoms with Gasteiger partial charge in [0.05, 0.1) is 11.4 Å². The number of nitrogens with zero attached hydrogens (tertiary/aromatic N) is 2. The van der Waals surface area contributed by atoms with Crippen molar-refractivity contribution >= 4 is 16.3 Å². The van der Waals surface area contributed by atoms with Gasteiger partial charge in [0.25, 0.3) is 0 Å². The van der Waals surface area contributed by atoms with Gasteiger partial charge in [-0.1, -0.05) is 60.2 Å². The van der Waals surface area contributed by atoms with Crippen molar-refractivity contribution in [3.63, 3.8) is 0 Å². The maximum Gasteiger partial charge on any atom is 0.194 e. The number of rotatable bonds is 2. The summed E-state index contributed by atoms with van der Waals surface area (Å²) in [6.07, 6.45) is 2.12. The van der Waals surface area contributed by atoms with Crippen LogP contribution in [0, 0.1) is 6.92 Å². The molecule has 0 bridgehead atoms. The van der Waals surface area contributed by atoms with Crippen molar-refractivity contribution in [1.82, 2.24) is 9.38 Å². The van der Waals surface area contributed by atoms with Crippen molar-refractivity contribution in [2.45, 2.75) is 6.92 Å². The average Bonchev–Trinajstić information content (AvgIpc) is 3.09. The van der Waals surface area contributed by atoms with Crippen molar-refractivity contribution in [3.8, 4) is 22.5 Å². The van der Waals surface area contributed by atoms with Crippen molar-refractivity contribution < 1.29 is 0 Å². The second-order valence-corrected chi connectivity index (χ2v) is 5.97. The standard InChI is InChI=1S/C18H14N2S/c1-13-7-9-14(10-8-13)16-11-20-17(12-21-18(20)19-16)15-5-3-2-4-6-15/h2-12H,1H3. The third-order valence-corrected chi connectivity index (χ3v) is 4.47. The van der Waals surface area contributed by atoms with Crippen molar-refractivity contribution in [1.29, 1.82) is 0 Å². The molecule has 0 radical (unpaired) electrons. The van der Waals surface area contributed by atoms with E-state index in [1.807, 2.05) is 6.07 Å². The average molecular weight is 290 g/mol. The molecule has 0 unspecified atom stereocenters. The lowest BCUT2D eigenvalue weighted by molar-refractivity contribution is 1.24. The van der Waals surface area contributed by atoms with E-state index in [2.05, 4.69) is 71.4 Å². The Morgan fingerprint density at radius 2 is 1.67 bits per heavy atom. The largest absolute Gasteiger partial charge is 0.290 e. The van der Waals surface area contributed by atoms with Crippen LogP contribution in [0.25, 0.3) is 27.5 Å². The van der Waals surface area contributed by atoms with Crippen molar-refractivity contribution in [2.24, 2.45) is 0 Å². The highest BCUT2D eigenvalue weighted by Crippen LogP contribution is 2.29. The van der Waals surface area contributed by atoms with E-state index in [-0.39, 0.29) is 0 Å². The zero-order valence-corrected chi connectivity index (χ0v) is 12.5. The molecule has 0 aliphatic heterocycles. The molecule has 3 heteroatoms. The number of aryl methyl sites for hydroxylation is 1. The summed E-state index contributed by atoms with van der Waals surface area (Å²) in [7, 11) is 0. The molecule has 102 valence electrons. The predicted octanol–water partition coefficient (Wildman–Crippen LogP) is 5.04. The first-order chi connectivity index (χ1) is 10.3. The summed E-state index contributed by atoms with van der Waals surface area (Å²) in [5.74, 6) is 0. The molecule has 0 atom stereocenters. The summed E-state index contributed by atoms with van der Waals surface area (Å²) in [4.78, 5) is 5.77. The summed E-state index contributed by atoms with van der Waals surface area (Å²) < 4.78 is 2.18. The first-order valence-corrected chi connectivity index (χ1v) is 7.78. The fraction of sp³-hybridized carbons (Fsp3) is 0.0556. The van der Waals surface area contributed by atoms with E-state index in [0.717, 1.165) is 16.2 Å². The Kier molecular flexibility index (Phi) is 2.86. The molecule has 21 heavy (non-hydrogen) atoms. The van der Waals surface area contributed by atoms with Crippen LogP contribution in [0.1, 0.15) is 5.56 Å². The first kappa shape index (κ1) is 12.4. The summed E-state index contributed by atoms with van der Waals surface area (Å²) >= 11 is 1.68. The lowest BCUT2D eigenvalue weighted by Gasteiger charge is -1.99. The van der Waals surface area contributed by atoms with Crippen LogP contribution in [0.5, 0.6) is 0 Å². The van der Waals surface area contributed by atoms with Gasteiger partial charge in [-0.3, -0.25) is 4.40 Å². The summed E-state index contributed by atoms with van der Waals surface area (Å²) in [5, 5.41) is 2.16. The molecule has 2 aromatic carbocycles. The molecular weight excluding hydrogens is 276 g/mol. The first-order valence-electron chi connectivity index (χ1n) is 6.90. The molecule has 0 N–H and O–H groups in total. The van der Waals surface area contributed by atoms with Crippen LogP contribution in [0.3, 0.4) is 0 Å². The monoisotopic (exact) mass is 290 g/mol. The maximum absolute atomic E-state index is 4.74. The Bertz CT molecular complexity index is 886. The Morgan fingerprint density at radius 3 is 2.43 bits per heavy atom. The molecule has 0 aliphatic rings. The van der Waals surface area contributed by atoms with E-state index < -0.39 is 0 Å². The fourth-order valence-electron chi connectivity index (χ4n) is 2.46. The van der Waals surface area contributed by atoms with Crippen LogP contribution in [0.4, 0.5) is 0 Å². The molecule has 0 saturated carbocycles. The van der Waals surface area contributed by atoms with Gasteiger partial charge in [0.15, 0.2) is 4.96 Å². The highest BCUT2D eigenvalue weighted by Gasteiger charge is 2.10. The van der Waals surface area contributed by atoms with Gasteiger partial charge in [0.1, 0.15) is 0 Å². The minimum absolute atomic E-state index is 1.03. The minimum Gasteiger partial charge on any atom is -0.290 e. The highest BCUT2D eigenvalue weighted by molar-refractivity contribution is 7.15. The van der Waals surface area contributed by atoms with E-state index in [9.17, 15) is 0 Å². The fourth-order valence-corrected chi connectivity index (χ4v) is 3.35. The van der Waals surface area contributed by atoms with Crippen LogP contribution < -0.4 is 0 Å². The number of thiazole rings is 1. The number of hydrogen-bond acceptors (Lipinski definition) is 2. The Labute approximate surface area is 127 Å². The molecule has 4 aromatic rings.